The van der Waals surface area contributed by atoms with E-state index in [1.54, 1.807) is 38.1 Å². The van der Waals surface area contributed by atoms with Crippen LogP contribution in [-0.2, 0) is 9.59 Å². The van der Waals surface area contributed by atoms with E-state index in [9.17, 15) is 19.2 Å². The summed E-state index contributed by atoms with van der Waals surface area (Å²) < 4.78 is 0. The molecule has 30 heavy (non-hydrogen) atoms. The quantitative estimate of drug-likeness (QED) is 0.604. The lowest BCUT2D eigenvalue weighted by molar-refractivity contribution is -0.123. The molecule has 0 aliphatic heterocycles. The summed E-state index contributed by atoms with van der Waals surface area (Å²) in [5, 5.41) is 5.54. The molecule has 0 spiro atoms. The van der Waals surface area contributed by atoms with E-state index < -0.39 is 0 Å². The van der Waals surface area contributed by atoms with Gasteiger partial charge >= 0.3 is 0 Å². The number of amides is 4. The number of nitrogens with one attached hydrogen (secondary N) is 2. The summed E-state index contributed by atoms with van der Waals surface area (Å²) in [5.41, 5.74) is 0.790. The summed E-state index contributed by atoms with van der Waals surface area (Å²) in [7, 11) is 0. The summed E-state index contributed by atoms with van der Waals surface area (Å²) in [4.78, 5) is 52.3. The van der Waals surface area contributed by atoms with Crippen molar-refractivity contribution in [3.8, 4) is 0 Å². The molecule has 8 heteroatoms. The molecule has 0 aliphatic carbocycles. The van der Waals surface area contributed by atoms with Gasteiger partial charge in [-0.25, -0.2) is 0 Å². The molecule has 1 rings (SSSR count). The lowest BCUT2D eigenvalue weighted by atomic mass is 10.1. The highest BCUT2D eigenvalue weighted by Crippen LogP contribution is 2.11. The molecule has 0 saturated heterocycles. The van der Waals surface area contributed by atoms with Crippen LogP contribution in [-0.4, -0.2) is 71.7 Å². The molecule has 166 valence electrons. The van der Waals surface area contributed by atoms with Crippen molar-refractivity contribution in [1.82, 2.24) is 20.4 Å². The van der Waals surface area contributed by atoms with Crippen LogP contribution in [0.2, 0.25) is 0 Å². The molecule has 0 aromatic heterocycles. The summed E-state index contributed by atoms with van der Waals surface area (Å²) in [6.45, 7) is 11.8. The Morgan fingerprint density at radius 3 is 1.23 bits per heavy atom. The zero-order valence-electron chi connectivity index (χ0n) is 18.8. The fraction of sp³-hybridized carbons (Fsp3) is 0.545. The number of rotatable bonds is 10. The molecule has 0 heterocycles. The largest absolute Gasteiger partial charge is 0.352 e. The first-order valence-electron chi connectivity index (χ1n) is 10.4. The third kappa shape index (κ3) is 7.85. The fourth-order valence-corrected chi connectivity index (χ4v) is 2.86. The van der Waals surface area contributed by atoms with Crippen molar-refractivity contribution in [2.45, 2.75) is 53.6 Å². The van der Waals surface area contributed by atoms with Crippen LogP contribution in [0.15, 0.2) is 24.3 Å². The van der Waals surface area contributed by atoms with Gasteiger partial charge in [-0.2, -0.15) is 0 Å². The number of carbonyl (C=O) groups is 4. The summed E-state index contributed by atoms with van der Waals surface area (Å²) in [5.74, 6) is -0.992. The molecule has 8 nitrogen and oxygen atoms in total. The van der Waals surface area contributed by atoms with Crippen molar-refractivity contribution in [3.05, 3.63) is 35.4 Å². The van der Waals surface area contributed by atoms with Gasteiger partial charge in [-0.3, -0.25) is 19.2 Å². The number of hydrogen-bond donors (Lipinski definition) is 2. The van der Waals surface area contributed by atoms with E-state index in [1.807, 2.05) is 27.7 Å². The van der Waals surface area contributed by atoms with Crippen LogP contribution in [0.5, 0.6) is 0 Å². The molecule has 0 atom stereocenters. The molecular weight excluding hydrogens is 384 g/mol. The third-order valence-electron chi connectivity index (χ3n) is 4.28. The summed E-state index contributed by atoms with van der Waals surface area (Å²) >= 11 is 0. The first kappa shape index (κ1) is 25.1. The molecule has 0 aliphatic rings. The molecule has 0 radical (unpaired) electrons. The standard InChI is InChI=1S/C22H34N4O4/c1-7-25(13-19(27)23-15(3)4)21(29)17-9-11-18(12-10-17)22(30)26(8-2)14-20(28)24-16(5)6/h9-12,15-16H,7-8,13-14H2,1-6H3,(H,23,27)(H,24,28). The predicted molar refractivity (Wildman–Crippen MR) is 116 cm³/mol. The van der Waals surface area contributed by atoms with E-state index in [1.165, 1.54) is 9.80 Å². The molecule has 0 bridgehead atoms. The van der Waals surface area contributed by atoms with Gasteiger partial charge in [0.15, 0.2) is 0 Å². The van der Waals surface area contributed by atoms with Crippen molar-refractivity contribution >= 4 is 23.6 Å². The van der Waals surface area contributed by atoms with Crippen LogP contribution in [0.25, 0.3) is 0 Å². The van der Waals surface area contributed by atoms with Gasteiger partial charge in [-0.1, -0.05) is 0 Å². The molecular formula is C22H34N4O4. The van der Waals surface area contributed by atoms with E-state index >= 15 is 0 Å². The predicted octanol–water partition coefficient (Wildman–Crippen LogP) is 1.66. The maximum Gasteiger partial charge on any atom is 0.254 e. The van der Waals surface area contributed by atoms with Crippen molar-refractivity contribution in [2.75, 3.05) is 26.2 Å². The van der Waals surface area contributed by atoms with Gasteiger partial charge in [-0.15, -0.1) is 0 Å². The normalized spacial score (nSPS) is 10.7. The third-order valence-corrected chi connectivity index (χ3v) is 4.28. The average molecular weight is 419 g/mol. The van der Waals surface area contributed by atoms with Crippen molar-refractivity contribution in [1.29, 1.82) is 0 Å². The highest BCUT2D eigenvalue weighted by atomic mass is 16.2. The number of nitrogens with zero attached hydrogens (tertiary/aromatic N) is 2. The monoisotopic (exact) mass is 418 g/mol. The first-order chi connectivity index (χ1) is 14.1. The van der Waals surface area contributed by atoms with Crippen molar-refractivity contribution < 1.29 is 19.2 Å². The molecule has 1 aromatic carbocycles. The van der Waals surface area contributed by atoms with Gasteiger partial charge in [0.1, 0.15) is 0 Å². The topological polar surface area (TPSA) is 98.8 Å². The Labute approximate surface area is 179 Å². The molecule has 4 amide bonds. The van der Waals surface area contributed by atoms with Crippen LogP contribution < -0.4 is 10.6 Å². The maximum absolute atomic E-state index is 12.7. The minimum Gasteiger partial charge on any atom is -0.352 e. The van der Waals surface area contributed by atoms with E-state index in [0.717, 1.165) is 0 Å². The van der Waals surface area contributed by atoms with E-state index in [2.05, 4.69) is 10.6 Å². The highest BCUT2D eigenvalue weighted by molar-refractivity contribution is 5.99. The smallest absolute Gasteiger partial charge is 0.254 e. The molecule has 2 N–H and O–H groups in total. The van der Waals surface area contributed by atoms with Crippen molar-refractivity contribution in [2.24, 2.45) is 0 Å². The number of carbonyl (C=O) groups excluding carboxylic acids is 4. The highest BCUT2D eigenvalue weighted by Gasteiger charge is 2.20. The lowest BCUT2D eigenvalue weighted by Crippen LogP contribution is -2.43. The lowest BCUT2D eigenvalue weighted by Gasteiger charge is -2.22. The van der Waals surface area contributed by atoms with E-state index in [-0.39, 0.29) is 48.8 Å². The minimum absolute atomic E-state index is 0.000681. The Bertz CT molecular complexity index is 681. The maximum atomic E-state index is 12.7. The van der Waals surface area contributed by atoms with Crippen LogP contribution in [0, 0.1) is 0 Å². The van der Waals surface area contributed by atoms with Crippen LogP contribution >= 0.6 is 0 Å². The summed E-state index contributed by atoms with van der Waals surface area (Å²) in [6, 6.07) is 6.28. The van der Waals surface area contributed by atoms with Gasteiger partial charge in [0, 0.05) is 36.3 Å². The Balaban J connectivity index is 2.84. The van der Waals surface area contributed by atoms with Crippen LogP contribution in [0.4, 0.5) is 0 Å². The number of benzene rings is 1. The number of hydrogen-bond acceptors (Lipinski definition) is 4. The van der Waals surface area contributed by atoms with Gasteiger partial charge in [0.05, 0.1) is 13.1 Å². The van der Waals surface area contributed by atoms with Gasteiger partial charge in [0.25, 0.3) is 11.8 Å². The van der Waals surface area contributed by atoms with Crippen LogP contribution in [0.3, 0.4) is 0 Å². The Kier molecular flexibility index (Phi) is 10.0. The Hall–Kier alpha value is -2.90. The SMILES string of the molecule is CCN(CC(=O)NC(C)C)C(=O)c1ccc(C(=O)N(CC)CC(=O)NC(C)C)cc1. The minimum atomic E-state index is -0.279. The molecule has 0 fully saturated rings. The zero-order valence-corrected chi connectivity index (χ0v) is 18.8. The van der Waals surface area contributed by atoms with Gasteiger partial charge in [0.2, 0.25) is 11.8 Å². The molecule has 0 unspecified atom stereocenters. The average Bonchev–Trinajstić information content (AvgIpc) is 2.68. The van der Waals surface area contributed by atoms with Gasteiger partial charge < -0.3 is 20.4 Å². The first-order valence-corrected chi connectivity index (χ1v) is 10.4. The zero-order chi connectivity index (χ0) is 22.8. The Morgan fingerprint density at radius 2 is 1.00 bits per heavy atom. The molecule has 0 saturated carbocycles. The Morgan fingerprint density at radius 1 is 0.700 bits per heavy atom. The second kappa shape index (κ2) is 11.9. The molecule has 1 aromatic rings. The van der Waals surface area contributed by atoms with Crippen molar-refractivity contribution in [3.63, 3.8) is 0 Å². The van der Waals surface area contributed by atoms with E-state index in [4.69, 9.17) is 0 Å². The number of likely N-dealkylation sites (N-methyl/N-ethyl adjacent to an activating group) is 2. The van der Waals surface area contributed by atoms with Crippen LogP contribution in [0.1, 0.15) is 62.3 Å². The second-order valence-electron chi connectivity index (χ2n) is 7.66. The fourth-order valence-electron chi connectivity index (χ4n) is 2.86. The summed E-state index contributed by atoms with van der Waals surface area (Å²) in [6.07, 6.45) is 0. The van der Waals surface area contributed by atoms with Gasteiger partial charge in [-0.05, 0) is 65.8 Å². The second-order valence-corrected chi connectivity index (χ2v) is 7.66. The van der Waals surface area contributed by atoms with E-state index in [0.29, 0.717) is 24.2 Å².